The van der Waals surface area contributed by atoms with E-state index in [1.54, 1.807) is 19.3 Å². The van der Waals surface area contributed by atoms with Crippen molar-refractivity contribution < 1.29 is 14.6 Å². The third-order valence-electron chi connectivity index (χ3n) is 7.10. The minimum Gasteiger partial charge on any atom is -0.508 e. The van der Waals surface area contributed by atoms with E-state index in [0.29, 0.717) is 29.2 Å². The second-order valence-electron chi connectivity index (χ2n) is 7.43. The predicted octanol–water partition coefficient (Wildman–Crippen LogP) is 3.46. The Hall–Kier alpha value is -1.77. The lowest BCUT2D eigenvalue weighted by Gasteiger charge is -2.87. The normalized spacial score (nSPS) is 43.3. The average Bonchev–Trinajstić information content (AvgIpc) is 2.61. The molecule has 0 saturated heterocycles. The van der Waals surface area contributed by atoms with Crippen LogP contribution < -0.4 is 0 Å². The Morgan fingerprint density at radius 2 is 2.05 bits per heavy atom. The lowest BCUT2D eigenvalue weighted by atomic mass is 9.17. The van der Waals surface area contributed by atoms with E-state index in [0.717, 1.165) is 29.5 Å². The summed E-state index contributed by atoms with van der Waals surface area (Å²) in [6.45, 7) is 0. The summed E-state index contributed by atoms with van der Waals surface area (Å²) in [5.74, 6) is 4.33. The maximum atomic E-state index is 11.5. The van der Waals surface area contributed by atoms with E-state index < -0.39 is 0 Å². The number of rotatable bonds is 3. The van der Waals surface area contributed by atoms with Gasteiger partial charge in [0, 0.05) is 11.1 Å². The minimum absolute atomic E-state index is 0.192. The minimum atomic E-state index is 0.192. The molecule has 114 valence electrons. The van der Waals surface area contributed by atoms with E-state index in [2.05, 4.69) is 0 Å². The van der Waals surface area contributed by atoms with Gasteiger partial charge in [0.1, 0.15) is 17.8 Å². The molecule has 0 heterocycles. The second kappa shape index (κ2) is 3.95. The van der Waals surface area contributed by atoms with Crippen molar-refractivity contribution in [2.45, 2.75) is 25.7 Å². The number of aldehydes is 1. The van der Waals surface area contributed by atoms with Crippen LogP contribution in [0.2, 0.25) is 0 Å². The molecule has 0 aromatic rings. The van der Waals surface area contributed by atoms with Crippen molar-refractivity contribution in [3.05, 3.63) is 46.5 Å². The van der Waals surface area contributed by atoms with Gasteiger partial charge < -0.3 is 9.84 Å². The molecule has 4 saturated carbocycles. The summed E-state index contributed by atoms with van der Waals surface area (Å²) in [5.41, 5.74) is 3.55. The molecule has 0 aromatic heterocycles. The first kappa shape index (κ1) is 12.7. The van der Waals surface area contributed by atoms with E-state index in [4.69, 9.17) is 4.74 Å². The Bertz CT molecular complexity index is 682. The van der Waals surface area contributed by atoms with Crippen molar-refractivity contribution in [2.75, 3.05) is 7.11 Å². The van der Waals surface area contributed by atoms with Gasteiger partial charge in [-0.25, -0.2) is 0 Å². The van der Waals surface area contributed by atoms with Gasteiger partial charge in [0.05, 0.1) is 7.11 Å². The quantitative estimate of drug-likeness (QED) is 0.641. The fourth-order valence-corrected chi connectivity index (χ4v) is 6.23. The smallest absolute Gasteiger partial charge is 0.147 e. The molecule has 0 radical (unpaired) electrons. The maximum absolute atomic E-state index is 11.5. The van der Waals surface area contributed by atoms with Crippen molar-refractivity contribution in [1.29, 1.82) is 0 Å². The second-order valence-corrected chi connectivity index (χ2v) is 7.43. The zero-order valence-corrected chi connectivity index (χ0v) is 12.7. The van der Waals surface area contributed by atoms with Crippen molar-refractivity contribution in [2.24, 2.45) is 29.1 Å². The van der Waals surface area contributed by atoms with Gasteiger partial charge in [-0.3, -0.25) is 4.79 Å². The summed E-state index contributed by atoms with van der Waals surface area (Å²) >= 11 is 0. The van der Waals surface area contributed by atoms with Gasteiger partial charge in [-0.05, 0) is 72.5 Å². The molecule has 0 aromatic carbocycles. The average molecular weight is 296 g/mol. The molecule has 4 atom stereocenters. The van der Waals surface area contributed by atoms with Crippen molar-refractivity contribution in [3.8, 4) is 0 Å². The third-order valence-corrected chi connectivity index (χ3v) is 7.10. The maximum Gasteiger partial charge on any atom is 0.147 e. The van der Waals surface area contributed by atoms with Crippen LogP contribution in [0.5, 0.6) is 0 Å². The van der Waals surface area contributed by atoms with Gasteiger partial charge >= 0.3 is 0 Å². The van der Waals surface area contributed by atoms with Crippen LogP contribution in [0.3, 0.4) is 0 Å². The Morgan fingerprint density at radius 1 is 1.32 bits per heavy atom. The van der Waals surface area contributed by atoms with E-state index in [1.165, 1.54) is 24.8 Å². The number of carbonyl (C=O) groups is 1. The molecule has 4 unspecified atom stereocenters. The highest BCUT2D eigenvalue weighted by Crippen LogP contribution is 2.89. The Balaban J connectivity index is 1.61. The lowest BCUT2D eigenvalue weighted by Crippen LogP contribution is -2.81. The van der Waals surface area contributed by atoms with Crippen molar-refractivity contribution in [1.82, 2.24) is 0 Å². The molecule has 3 nitrogen and oxygen atoms in total. The molecule has 5 rings (SSSR count). The largest absolute Gasteiger partial charge is 0.508 e. The number of hydrogen-bond acceptors (Lipinski definition) is 3. The van der Waals surface area contributed by atoms with Gasteiger partial charge in [0.15, 0.2) is 0 Å². The Labute approximate surface area is 130 Å². The molecule has 0 bridgehead atoms. The number of carbonyl (C=O) groups excluding carboxylic acids is 1. The summed E-state index contributed by atoms with van der Waals surface area (Å²) in [7, 11) is 1.69. The SMILES string of the molecule is COC(C1=C(C=O)CC=CC(O)=C1)=C1C2CC3CC4CC1C342. The van der Waals surface area contributed by atoms with Gasteiger partial charge in [-0.15, -0.1) is 0 Å². The summed E-state index contributed by atoms with van der Waals surface area (Å²) < 4.78 is 5.76. The topological polar surface area (TPSA) is 46.5 Å². The molecule has 5 aliphatic rings. The molecule has 3 heteroatoms. The molecule has 4 fully saturated rings. The van der Waals surface area contributed by atoms with Gasteiger partial charge in [0.2, 0.25) is 0 Å². The Kier molecular flexibility index (Phi) is 2.29. The summed E-state index contributed by atoms with van der Waals surface area (Å²) in [4.78, 5) is 11.5. The highest BCUT2D eigenvalue weighted by atomic mass is 16.5. The Morgan fingerprint density at radius 3 is 2.64 bits per heavy atom. The van der Waals surface area contributed by atoms with Crippen LogP contribution in [-0.4, -0.2) is 18.5 Å². The van der Waals surface area contributed by atoms with Crippen molar-refractivity contribution >= 4 is 6.29 Å². The van der Waals surface area contributed by atoms with E-state index >= 15 is 0 Å². The summed E-state index contributed by atoms with van der Waals surface area (Å²) in [6.07, 6.45) is 10.7. The highest BCUT2D eigenvalue weighted by molar-refractivity contribution is 5.79. The van der Waals surface area contributed by atoms with E-state index in [-0.39, 0.29) is 5.76 Å². The molecular formula is C19H20O3. The first-order chi connectivity index (χ1) is 10.7. The highest BCUT2D eigenvalue weighted by Gasteiger charge is 2.83. The van der Waals surface area contributed by atoms with Gasteiger partial charge in [-0.1, -0.05) is 6.08 Å². The van der Waals surface area contributed by atoms with Crippen LogP contribution >= 0.6 is 0 Å². The molecule has 1 spiro atoms. The standard InChI is InChI=1S/C19H20O3/c1-22-18(14-8-13(21)4-2-3-10(14)9-20)17-15-6-11-5-12-7-16(17)19(11,12)15/h2,4,8-9,11-12,15-16,21H,3,5-7H2,1H3. The molecule has 5 aliphatic carbocycles. The molecule has 1 N–H and O–H groups in total. The number of aliphatic hydroxyl groups is 1. The third kappa shape index (κ3) is 1.16. The van der Waals surface area contributed by atoms with Crippen LogP contribution in [-0.2, 0) is 9.53 Å². The summed E-state index contributed by atoms with van der Waals surface area (Å²) in [5, 5.41) is 9.95. The fraction of sp³-hybridized carbons (Fsp3) is 0.526. The van der Waals surface area contributed by atoms with Gasteiger partial charge in [-0.2, -0.15) is 0 Å². The molecule has 0 aliphatic heterocycles. The molecular weight excluding hydrogens is 276 g/mol. The van der Waals surface area contributed by atoms with E-state index in [1.807, 2.05) is 6.08 Å². The van der Waals surface area contributed by atoms with Crippen LogP contribution in [0.15, 0.2) is 46.5 Å². The molecule has 22 heavy (non-hydrogen) atoms. The zero-order valence-electron chi connectivity index (χ0n) is 12.7. The van der Waals surface area contributed by atoms with E-state index in [9.17, 15) is 9.90 Å². The summed E-state index contributed by atoms with van der Waals surface area (Å²) in [6, 6.07) is 0. The number of hydrogen-bond donors (Lipinski definition) is 1. The molecule has 0 amide bonds. The monoisotopic (exact) mass is 296 g/mol. The van der Waals surface area contributed by atoms with Crippen LogP contribution in [0.4, 0.5) is 0 Å². The zero-order chi connectivity index (χ0) is 15.1. The number of ether oxygens (including phenoxy) is 1. The van der Waals surface area contributed by atoms with Crippen molar-refractivity contribution in [3.63, 3.8) is 0 Å². The first-order valence-electron chi connectivity index (χ1n) is 8.25. The first-order valence-corrected chi connectivity index (χ1v) is 8.25. The number of methoxy groups -OCH3 is 1. The van der Waals surface area contributed by atoms with Gasteiger partial charge in [0.25, 0.3) is 0 Å². The van der Waals surface area contributed by atoms with Crippen LogP contribution in [0, 0.1) is 29.1 Å². The van der Waals surface area contributed by atoms with Crippen LogP contribution in [0.25, 0.3) is 0 Å². The number of allylic oxidation sites excluding steroid dienone is 5. The number of aliphatic hydroxyl groups excluding tert-OH is 1. The predicted molar refractivity (Wildman–Crippen MR) is 81.8 cm³/mol. The lowest BCUT2D eigenvalue weighted by molar-refractivity contribution is -0.338. The fourth-order valence-electron chi connectivity index (χ4n) is 6.23. The van der Waals surface area contributed by atoms with Crippen LogP contribution in [0.1, 0.15) is 25.7 Å².